The van der Waals surface area contributed by atoms with Crippen LogP contribution in [0.25, 0.3) is 10.6 Å². The fourth-order valence-electron chi connectivity index (χ4n) is 1.13. The molecule has 0 unspecified atom stereocenters. The average molecular weight is 258 g/mol. The van der Waals surface area contributed by atoms with Crippen LogP contribution in [-0.2, 0) is 16.0 Å². The zero-order valence-electron chi connectivity index (χ0n) is 8.02. The molecule has 0 spiro atoms. The lowest BCUT2D eigenvalue weighted by molar-refractivity contribution is -0.728. The first-order valence-corrected chi connectivity index (χ1v) is 6.66. The Morgan fingerprint density at radius 2 is 2.25 bits per heavy atom. The number of hydrogen-bond donors (Lipinski definition) is 1. The Morgan fingerprint density at radius 1 is 1.44 bits per heavy atom. The lowest BCUT2D eigenvalue weighted by atomic mass is 10.3. The van der Waals surface area contributed by atoms with Crippen LogP contribution < -0.4 is 4.68 Å². The van der Waals surface area contributed by atoms with Crippen molar-refractivity contribution in [1.29, 1.82) is 0 Å². The highest BCUT2D eigenvalue weighted by Gasteiger charge is 2.18. The van der Waals surface area contributed by atoms with E-state index in [1.165, 1.54) is 6.20 Å². The average Bonchev–Trinajstić information content (AvgIpc) is 2.65. The van der Waals surface area contributed by atoms with Crippen LogP contribution in [0.4, 0.5) is 0 Å². The first-order valence-electron chi connectivity index (χ1n) is 4.27. The summed E-state index contributed by atoms with van der Waals surface area (Å²) < 4.78 is 34.9. The molecule has 8 heteroatoms. The molecule has 16 heavy (non-hydrogen) atoms. The summed E-state index contributed by atoms with van der Waals surface area (Å²) in [5.41, 5.74) is 0.717. The van der Waals surface area contributed by atoms with Gasteiger partial charge in [0.25, 0.3) is 5.88 Å². The number of hydrogen-bond acceptors (Lipinski definition) is 5. The van der Waals surface area contributed by atoms with E-state index in [9.17, 15) is 8.42 Å². The minimum absolute atomic E-state index is 0.545. The van der Waals surface area contributed by atoms with Gasteiger partial charge in [0.1, 0.15) is 4.88 Å². The van der Waals surface area contributed by atoms with Crippen LogP contribution in [0.5, 0.6) is 0 Å². The molecule has 0 amide bonds. The monoisotopic (exact) mass is 258 g/mol. The topological polar surface area (TPSA) is 84.0 Å². The summed E-state index contributed by atoms with van der Waals surface area (Å²) >= 11 is 1.12. The largest absolute Gasteiger partial charge is 0.329 e. The van der Waals surface area contributed by atoms with Crippen LogP contribution in [0.3, 0.4) is 0 Å². The van der Waals surface area contributed by atoms with Crippen LogP contribution in [0.15, 0.2) is 30.6 Å². The Bertz CT molecular complexity index is 580. The van der Waals surface area contributed by atoms with E-state index in [2.05, 4.69) is 9.47 Å². The van der Waals surface area contributed by atoms with Crippen molar-refractivity contribution in [3.05, 3.63) is 30.6 Å². The van der Waals surface area contributed by atoms with Crippen molar-refractivity contribution in [3.63, 3.8) is 0 Å². The van der Waals surface area contributed by atoms with Gasteiger partial charge in [-0.3, -0.25) is 9.54 Å². The Kier molecular flexibility index (Phi) is 2.95. The van der Waals surface area contributed by atoms with Gasteiger partial charge in [-0.25, -0.2) is 0 Å². The predicted octanol–water partition coefficient (Wildman–Crippen LogP) is 0.338. The summed E-state index contributed by atoms with van der Waals surface area (Å²) in [7, 11) is -4.06. The molecule has 2 heterocycles. The molecule has 0 aromatic carbocycles. The minimum atomic E-state index is -4.06. The molecule has 0 aliphatic carbocycles. The van der Waals surface area contributed by atoms with Gasteiger partial charge < -0.3 is 0 Å². The molecule has 0 aliphatic rings. The van der Waals surface area contributed by atoms with Crippen LogP contribution in [0.1, 0.15) is 0 Å². The molecule has 6 nitrogen and oxygen atoms in total. The maximum Gasteiger partial charge on any atom is 0.329 e. The van der Waals surface area contributed by atoms with Crippen LogP contribution >= 0.6 is 11.5 Å². The van der Waals surface area contributed by atoms with Gasteiger partial charge in [0, 0.05) is 17.7 Å². The van der Waals surface area contributed by atoms with Gasteiger partial charge in [0.05, 0.1) is 10.2 Å². The highest BCUT2D eigenvalue weighted by molar-refractivity contribution is 7.84. The highest BCUT2D eigenvalue weighted by Crippen LogP contribution is 2.17. The summed E-state index contributed by atoms with van der Waals surface area (Å²) in [6.07, 6.45) is 3.17. The molecule has 0 bridgehead atoms. The summed E-state index contributed by atoms with van der Waals surface area (Å²) in [5.74, 6) is -0.545. The normalized spacial score (nSPS) is 11.6. The second-order valence-corrected chi connectivity index (χ2v) is 5.24. The SMILES string of the molecule is O=S(=O)(O)C[n+]1cc(-c2ccccn2)sn1. The quantitative estimate of drug-likeness (QED) is 0.634. The maximum absolute atomic E-state index is 10.6. The van der Waals surface area contributed by atoms with E-state index in [1.807, 2.05) is 6.07 Å². The molecule has 2 aromatic heterocycles. The van der Waals surface area contributed by atoms with Crippen LogP contribution in [-0.4, -0.2) is 22.4 Å². The zero-order valence-corrected chi connectivity index (χ0v) is 9.65. The molecule has 0 fully saturated rings. The number of nitrogens with zero attached hydrogens (tertiary/aromatic N) is 3. The fourth-order valence-corrected chi connectivity index (χ4v) is 2.35. The van der Waals surface area contributed by atoms with Crippen LogP contribution in [0.2, 0.25) is 0 Å². The van der Waals surface area contributed by atoms with E-state index >= 15 is 0 Å². The molecule has 2 aromatic rings. The lowest BCUT2D eigenvalue weighted by Crippen LogP contribution is -2.38. The van der Waals surface area contributed by atoms with Crippen molar-refractivity contribution in [2.75, 3.05) is 0 Å². The van der Waals surface area contributed by atoms with Gasteiger partial charge in [-0.15, -0.1) is 0 Å². The third-order valence-electron chi connectivity index (χ3n) is 1.72. The second kappa shape index (κ2) is 4.24. The van der Waals surface area contributed by atoms with Gasteiger partial charge in [0.2, 0.25) is 6.20 Å². The molecule has 0 atom stereocenters. The smallest absolute Gasteiger partial charge is 0.281 e. The Morgan fingerprint density at radius 3 is 2.88 bits per heavy atom. The van der Waals surface area contributed by atoms with Gasteiger partial charge in [-0.1, -0.05) is 10.7 Å². The molecule has 0 aliphatic heterocycles. The van der Waals surface area contributed by atoms with Crippen molar-refractivity contribution in [2.45, 2.75) is 5.88 Å². The summed E-state index contributed by atoms with van der Waals surface area (Å²) in [4.78, 5) is 4.84. The standard InChI is InChI=1S/C8H7N3O3S2/c12-16(13,14)6-11-5-8(15-10-11)7-3-1-2-4-9-7/h1-5H,6H2/p+1. The summed E-state index contributed by atoms with van der Waals surface area (Å²) in [5, 5.41) is 0. The molecule has 0 radical (unpaired) electrons. The Balaban J connectivity index is 2.27. The van der Waals surface area contributed by atoms with Crippen molar-refractivity contribution >= 4 is 21.7 Å². The second-order valence-electron chi connectivity index (χ2n) is 3.03. The Hall–Kier alpha value is -1.38. The summed E-state index contributed by atoms with van der Waals surface area (Å²) in [6, 6.07) is 5.41. The van der Waals surface area contributed by atoms with Crippen LogP contribution in [0, 0.1) is 0 Å². The highest BCUT2D eigenvalue weighted by atomic mass is 32.2. The van der Waals surface area contributed by atoms with Gasteiger partial charge in [0.15, 0.2) is 0 Å². The van der Waals surface area contributed by atoms with Crippen molar-refractivity contribution in [2.24, 2.45) is 0 Å². The van der Waals surface area contributed by atoms with E-state index in [0.717, 1.165) is 21.1 Å². The first-order chi connectivity index (χ1) is 7.54. The minimum Gasteiger partial charge on any atom is -0.281 e. The number of pyridine rings is 1. The predicted molar refractivity (Wildman–Crippen MR) is 57.1 cm³/mol. The number of aromatic nitrogens is 3. The molecular formula is C8H8N3O3S2+. The van der Waals surface area contributed by atoms with Crippen molar-refractivity contribution in [1.82, 2.24) is 9.47 Å². The molecule has 84 valence electrons. The van der Waals surface area contributed by atoms with E-state index < -0.39 is 16.0 Å². The van der Waals surface area contributed by atoms with Crippen molar-refractivity contribution in [3.8, 4) is 10.6 Å². The Labute approximate surface area is 96.1 Å². The molecule has 0 saturated heterocycles. The maximum atomic E-state index is 10.6. The molecule has 2 rings (SSSR count). The van der Waals surface area contributed by atoms with Crippen molar-refractivity contribution < 1.29 is 17.7 Å². The van der Waals surface area contributed by atoms with Gasteiger partial charge >= 0.3 is 10.1 Å². The van der Waals surface area contributed by atoms with E-state index in [0.29, 0.717) is 5.69 Å². The third kappa shape index (κ3) is 2.81. The van der Waals surface area contributed by atoms with Gasteiger partial charge in [-0.2, -0.15) is 8.42 Å². The van der Waals surface area contributed by atoms with Gasteiger partial charge in [-0.05, 0) is 12.1 Å². The molecular weight excluding hydrogens is 250 g/mol. The molecule has 1 N–H and O–H groups in total. The number of rotatable bonds is 3. The van der Waals surface area contributed by atoms with E-state index in [4.69, 9.17) is 4.55 Å². The lowest BCUT2D eigenvalue weighted by Gasteiger charge is -1.89. The fraction of sp³-hybridized carbons (Fsp3) is 0.125. The first kappa shape index (κ1) is 11.1. The molecule has 0 saturated carbocycles. The zero-order chi connectivity index (χ0) is 11.6. The van der Waals surface area contributed by atoms with E-state index in [-0.39, 0.29) is 0 Å². The third-order valence-corrected chi connectivity index (χ3v) is 3.12. The van der Waals surface area contributed by atoms with E-state index in [1.54, 1.807) is 18.3 Å². The summed E-state index contributed by atoms with van der Waals surface area (Å²) in [6.45, 7) is 0.